The van der Waals surface area contributed by atoms with E-state index in [9.17, 15) is 9.59 Å². The SMILES string of the molecule is CC[C@H](C)[C@H](NC(=O)c1cccc(Cn2ccnc2)c1)C(=O)Nc1nccs1. The highest BCUT2D eigenvalue weighted by atomic mass is 32.1. The van der Waals surface area contributed by atoms with Gasteiger partial charge in [-0.1, -0.05) is 32.4 Å². The van der Waals surface area contributed by atoms with Crippen molar-refractivity contribution in [3.63, 3.8) is 0 Å². The Kier molecular flexibility index (Phi) is 6.54. The number of nitrogens with zero attached hydrogens (tertiary/aromatic N) is 3. The molecule has 0 unspecified atom stereocenters. The minimum atomic E-state index is -0.640. The first-order chi connectivity index (χ1) is 13.6. The van der Waals surface area contributed by atoms with E-state index in [1.807, 2.05) is 42.8 Å². The molecule has 7 nitrogen and oxygen atoms in total. The maximum absolute atomic E-state index is 12.8. The number of amides is 2. The zero-order valence-electron chi connectivity index (χ0n) is 15.8. The standard InChI is InChI=1S/C20H23N5O2S/c1-3-14(2)17(19(27)24-20-22-8-10-28-20)23-18(26)16-6-4-5-15(11-16)12-25-9-7-21-13-25/h4-11,13-14,17H,3,12H2,1-2H3,(H,23,26)(H,22,24,27)/t14-,17-/m0/s1. The van der Waals surface area contributed by atoms with Crippen molar-refractivity contribution in [3.8, 4) is 0 Å². The molecule has 0 saturated heterocycles. The number of anilines is 1. The monoisotopic (exact) mass is 397 g/mol. The maximum atomic E-state index is 12.8. The predicted octanol–water partition coefficient (Wildman–Crippen LogP) is 3.17. The van der Waals surface area contributed by atoms with Crippen LogP contribution >= 0.6 is 11.3 Å². The third-order valence-electron chi connectivity index (χ3n) is 4.56. The molecule has 0 saturated carbocycles. The molecular weight excluding hydrogens is 374 g/mol. The van der Waals surface area contributed by atoms with Gasteiger partial charge >= 0.3 is 0 Å². The van der Waals surface area contributed by atoms with Gasteiger partial charge in [-0.25, -0.2) is 9.97 Å². The second-order valence-electron chi connectivity index (χ2n) is 6.60. The van der Waals surface area contributed by atoms with Crippen LogP contribution in [0.4, 0.5) is 5.13 Å². The number of hydrogen-bond acceptors (Lipinski definition) is 5. The van der Waals surface area contributed by atoms with Crippen LogP contribution in [0.25, 0.3) is 0 Å². The van der Waals surface area contributed by atoms with Crippen LogP contribution in [0.15, 0.2) is 54.6 Å². The second-order valence-corrected chi connectivity index (χ2v) is 7.49. The lowest BCUT2D eigenvalue weighted by Crippen LogP contribution is -2.47. The summed E-state index contributed by atoms with van der Waals surface area (Å²) in [6, 6.07) is 6.74. The third kappa shape index (κ3) is 5.04. The first kappa shape index (κ1) is 19.8. The van der Waals surface area contributed by atoms with Crippen molar-refractivity contribution in [3.05, 3.63) is 65.7 Å². The summed E-state index contributed by atoms with van der Waals surface area (Å²) < 4.78 is 1.93. The first-order valence-corrected chi connectivity index (χ1v) is 10.0. The molecule has 2 amide bonds. The van der Waals surface area contributed by atoms with Crippen molar-refractivity contribution in [2.45, 2.75) is 32.9 Å². The van der Waals surface area contributed by atoms with Crippen molar-refractivity contribution in [2.75, 3.05) is 5.32 Å². The Morgan fingerprint density at radius 1 is 1.29 bits per heavy atom. The summed E-state index contributed by atoms with van der Waals surface area (Å²) in [6.45, 7) is 4.56. The lowest BCUT2D eigenvalue weighted by molar-refractivity contribution is -0.119. The average molecular weight is 398 g/mol. The normalized spacial score (nSPS) is 12.9. The highest BCUT2D eigenvalue weighted by molar-refractivity contribution is 7.13. The highest BCUT2D eigenvalue weighted by Gasteiger charge is 2.27. The molecule has 0 radical (unpaired) electrons. The fourth-order valence-electron chi connectivity index (χ4n) is 2.80. The molecule has 3 rings (SSSR count). The van der Waals surface area contributed by atoms with Crippen molar-refractivity contribution in [1.82, 2.24) is 19.9 Å². The molecule has 1 aromatic carbocycles. The van der Waals surface area contributed by atoms with Crippen LogP contribution in [0.5, 0.6) is 0 Å². The summed E-state index contributed by atoms with van der Waals surface area (Å²) >= 11 is 1.34. The molecule has 2 aromatic heterocycles. The van der Waals surface area contributed by atoms with Crippen molar-refractivity contribution >= 4 is 28.3 Å². The molecule has 28 heavy (non-hydrogen) atoms. The molecular formula is C20H23N5O2S. The van der Waals surface area contributed by atoms with Crippen LogP contribution in [-0.2, 0) is 11.3 Å². The molecule has 0 aliphatic heterocycles. The van der Waals surface area contributed by atoms with E-state index in [4.69, 9.17) is 0 Å². The molecule has 8 heteroatoms. The fraction of sp³-hybridized carbons (Fsp3) is 0.300. The molecule has 146 valence electrons. The average Bonchev–Trinajstić information content (AvgIpc) is 3.39. The van der Waals surface area contributed by atoms with E-state index < -0.39 is 6.04 Å². The lowest BCUT2D eigenvalue weighted by Gasteiger charge is -2.23. The smallest absolute Gasteiger partial charge is 0.251 e. The predicted molar refractivity (Wildman–Crippen MR) is 109 cm³/mol. The number of benzene rings is 1. The van der Waals surface area contributed by atoms with Crippen LogP contribution < -0.4 is 10.6 Å². The van der Waals surface area contributed by atoms with E-state index in [0.29, 0.717) is 17.2 Å². The Balaban J connectivity index is 1.71. The van der Waals surface area contributed by atoms with E-state index in [1.165, 1.54) is 11.3 Å². The van der Waals surface area contributed by atoms with Crippen molar-refractivity contribution in [1.29, 1.82) is 0 Å². The van der Waals surface area contributed by atoms with Gasteiger partial charge in [-0.2, -0.15) is 0 Å². The number of thiazole rings is 1. The Morgan fingerprint density at radius 3 is 2.82 bits per heavy atom. The third-order valence-corrected chi connectivity index (χ3v) is 5.25. The summed E-state index contributed by atoms with van der Waals surface area (Å²) in [6.07, 6.45) is 7.71. The first-order valence-electron chi connectivity index (χ1n) is 9.12. The van der Waals surface area contributed by atoms with Gasteiger partial charge < -0.3 is 15.2 Å². The number of imidazole rings is 1. The van der Waals surface area contributed by atoms with Gasteiger partial charge in [0.25, 0.3) is 5.91 Å². The van der Waals surface area contributed by atoms with Gasteiger partial charge in [-0.05, 0) is 23.6 Å². The summed E-state index contributed by atoms with van der Waals surface area (Å²) in [5, 5.41) is 7.98. The quantitative estimate of drug-likeness (QED) is 0.611. The fourth-order valence-corrected chi connectivity index (χ4v) is 3.33. The molecule has 2 N–H and O–H groups in total. The Labute approximate surface area is 167 Å². The van der Waals surface area contributed by atoms with E-state index in [1.54, 1.807) is 30.2 Å². The van der Waals surface area contributed by atoms with Gasteiger partial charge in [-0.15, -0.1) is 11.3 Å². The Hall–Kier alpha value is -3.00. The molecule has 0 fully saturated rings. The number of aromatic nitrogens is 3. The van der Waals surface area contributed by atoms with E-state index in [2.05, 4.69) is 20.6 Å². The van der Waals surface area contributed by atoms with Gasteiger partial charge in [0.05, 0.1) is 6.33 Å². The van der Waals surface area contributed by atoms with Crippen molar-refractivity contribution < 1.29 is 9.59 Å². The van der Waals surface area contributed by atoms with Gasteiger partial charge in [0.1, 0.15) is 6.04 Å². The molecule has 0 aliphatic carbocycles. The molecule has 3 aromatic rings. The van der Waals surface area contributed by atoms with Gasteiger partial charge in [0, 0.05) is 36.1 Å². The molecule has 2 heterocycles. The number of nitrogens with one attached hydrogen (secondary N) is 2. The van der Waals surface area contributed by atoms with Crippen LogP contribution in [0.3, 0.4) is 0 Å². The summed E-state index contributed by atoms with van der Waals surface area (Å²) in [5.74, 6) is -0.544. The lowest BCUT2D eigenvalue weighted by atomic mass is 9.97. The Morgan fingerprint density at radius 2 is 2.14 bits per heavy atom. The largest absolute Gasteiger partial charge is 0.340 e. The van der Waals surface area contributed by atoms with Crippen LogP contribution in [-0.4, -0.2) is 32.4 Å². The maximum Gasteiger partial charge on any atom is 0.251 e. The number of carbonyl (C=O) groups is 2. The van der Waals surface area contributed by atoms with E-state index in [0.717, 1.165) is 12.0 Å². The molecule has 0 aliphatic rings. The minimum absolute atomic E-state index is 0.0157. The minimum Gasteiger partial charge on any atom is -0.340 e. The topological polar surface area (TPSA) is 88.9 Å². The number of hydrogen-bond donors (Lipinski definition) is 2. The van der Waals surface area contributed by atoms with Crippen LogP contribution in [0.2, 0.25) is 0 Å². The van der Waals surface area contributed by atoms with Gasteiger partial charge in [0.15, 0.2) is 5.13 Å². The van der Waals surface area contributed by atoms with Gasteiger partial charge in [0.2, 0.25) is 5.91 Å². The summed E-state index contributed by atoms with van der Waals surface area (Å²) in [7, 11) is 0. The number of carbonyl (C=O) groups excluding carboxylic acids is 2. The van der Waals surface area contributed by atoms with Crippen LogP contribution in [0, 0.1) is 5.92 Å². The highest BCUT2D eigenvalue weighted by Crippen LogP contribution is 2.15. The van der Waals surface area contributed by atoms with Gasteiger partial charge in [-0.3, -0.25) is 9.59 Å². The molecule has 0 spiro atoms. The Bertz CT molecular complexity index is 909. The van der Waals surface area contributed by atoms with Crippen LogP contribution in [0.1, 0.15) is 36.2 Å². The van der Waals surface area contributed by atoms with E-state index in [-0.39, 0.29) is 17.7 Å². The van der Waals surface area contributed by atoms with E-state index >= 15 is 0 Å². The zero-order valence-corrected chi connectivity index (χ0v) is 16.6. The summed E-state index contributed by atoms with van der Waals surface area (Å²) in [4.78, 5) is 33.6. The second kappa shape index (κ2) is 9.27. The summed E-state index contributed by atoms with van der Waals surface area (Å²) in [5.41, 5.74) is 1.51. The molecule has 2 atom stereocenters. The number of rotatable bonds is 8. The zero-order chi connectivity index (χ0) is 19.9. The van der Waals surface area contributed by atoms with Crippen molar-refractivity contribution in [2.24, 2.45) is 5.92 Å². The molecule has 0 bridgehead atoms.